The maximum absolute atomic E-state index is 13.9. The molecule has 1 aromatic heterocycles. The average Bonchev–Trinajstić information content (AvgIpc) is 1.58. The van der Waals surface area contributed by atoms with Crippen molar-refractivity contribution in [3.05, 3.63) is 418 Å². The van der Waals surface area contributed by atoms with Crippen molar-refractivity contribution in [1.29, 1.82) is 0 Å². The lowest BCUT2D eigenvalue weighted by atomic mass is 9.82. The van der Waals surface area contributed by atoms with Gasteiger partial charge >= 0.3 is 0 Å². The number of halogens is 1. The fraction of sp³-hybridized carbons (Fsp3) is 0.256. The lowest BCUT2D eigenvalue weighted by Gasteiger charge is -2.27. The Hall–Kier alpha value is -16.1. The Bertz CT molecular complexity index is 7120. The molecule has 0 radical (unpaired) electrons. The maximum Gasteiger partial charge on any atom is 0.266 e. The van der Waals surface area contributed by atoms with Crippen molar-refractivity contribution in [3.63, 3.8) is 0 Å². The maximum atomic E-state index is 13.9. The number of para-hydroxylation sites is 1. The van der Waals surface area contributed by atoms with Crippen LogP contribution in [0.4, 0.5) is 5.69 Å². The number of anilines is 1. The fourth-order valence-corrected chi connectivity index (χ4v) is 21.3. The normalized spacial score (nSPS) is 18.6. The Balaban J connectivity index is 0.000000132. The van der Waals surface area contributed by atoms with Gasteiger partial charge < -0.3 is 38.5 Å². The number of nitrogens with zero attached hydrogens (tertiary/aromatic N) is 13. The van der Waals surface area contributed by atoms with Crippen LogP contribution in [0.3, 0.4) is 0 Å². The number of carbonyl (C=O) groups is 7. The van der Waals surface area contributed by atoms with Gasteiger partial charge in [-0.3, -0.25) is 67.8 Å². The molecule has 2 fully saturated rings. The molecule has 30 heteroatoms. The minimum absolute atomic E-state index is 0.0398. The minimum atomic E-state index is -3.42. The fourth-order valence-electron chi connectivity index (χ4n) is 20.0. The van der Waals surface area contributed by atoms with E-state index in [1.807, 2.05) is 328 Å². The molecular formula is C117H122ClN19O9S. The number of hydrogen-bond donors (Lipinski definition) is 6. The van der Waals surface area contributed by atoms with Crippen LogP contribution in [0.1, 0.15) is 139 Å². The molecule has 12 aromatic carbocycles. The predicted molar refractivity (Wildman–Crippen MR) is 579 cm³/mol. The number of aryl methyl sites for hydroxylation is 1. The highest BCUT2D eigenvalue weighted by Gasteiger charge is 2.55. The van der Waals surface area contributed by atoms with Gasteiger partial charge in [0.05, 0.1) is 17.8 Å². The Morgan fingerprint density at radius 2 is 0.878 bits per heavy atom. The second kappa shape index (κ2) is 45.9. The quantitative estimate of drug-likeness (QED) is 0.0228. The number of carbonyl (C=O) groups excluding carboxylic acids is 7. The molecule has 0 spiro atoms. The molecule has 752 valence electrons. The molecule has 8 heterocycles. The first-order valence-electron chi connectivity index (χ1n) is 49.6. The van der Waals surface area contributed by atoms with E-state index in [0.29, 0.717) is 80.0 Å². The van der Waals surface area contributed by atoms with Crippen LogP contribution in [0.15, 0.2) is 371 Å². The number of nitrogens with one attached hydrogen (secondary N) is 1. The van der Waals surface area contributed by atoms with Gasteiger partial charge in [-0.2, -0.15) is 0 Å². The van der Waals surface area contributed by atoms with E-state index in [4.69, 9.17) is 50.2 Å². The predicted octanol–water partition coefficient (Wildman–Crippen LogP) is 15.8. The Kier molecular flexibility index (Phi) is 32.4. The van der Waals surface area contributed by atoms with E-state index in [0.717, 1.165) is 142 Å². The third-order valence-corrected chi connectivity index (χ3v) is 29.2. The summed E-state index contributed by atoms with van der Waals surface area (Å²) in [7, 11) is 0.302. The van der Waals surface area contributed by atoms with Gasteiger partial charge in [0.15, 0.2) is 57.5 Å². The van der Waals surface area contributed by atoms with Crippen LogP contribution in [0.5, 0.6) is 0 Å². The number of aliphatic imine (C=N–C) groups is 5. The number of hydrogen-bond acceptors (Lipinski definition) is 21. The van der Waals surface area contributed by atoms with E-state index in [9.17, 15) is 42.0 Å². The average molecular weight is 2010 g/mol. The van der Waals surface area contributed by atoms with Crippen LogP contribution in [0.25, 0.3) is 22.0 Å². The lowest BCUT2D eigenvalue weighted by molar-refractivity contribution is -0.132. The van der Waals surface area contributed by atoms with Gasteiger partial charge in [-0.05, 0) is 193 Å². The third-order valence-electron chi connectivity index (χ3n) is 27.5. The van der Waals surface area contributed by atoms with Crippen LogP contribution in [0, 0.1) is 5.92 Å². The van der Waals surface area contributed by atoms with Crippen LogP contribution in [-0.2, 0) is 90.7 Å². The summed E-state index contributed by atoms with van der Waals surface area (Å²) in [4.78, 5) is 131. The summed E-state index contributed by atoms with van der Waals surface area (Å²) in [5, 5.41) is 1.84. The standard InChI is InChI=1S/C29H28N4O.C25H26N4O3S.C22H25ClN4O.C22H24N4O2.C19H19N3O2/c30-28-32-29(23-13-4-1-5-14-23,24-15-6-2-7-16-24)27(34)33(28)21-11-3-8-17-25-20-19-22-12-9-10-18-26(22)31-25;1-2-16-33(31,32)28-22-15-9-10-19(17-22)18-29-23(30)25(27-24(29)26,20-11-5-3-6-12-20)21-13-7-4-8-14-21;1-22(18-7-3-5-16(11-18)17-6-4-8-19(23)12-17)20(28)27(21(24)25-22)14-15-9-10-26(2)13-15;23-21-24-22(17-9-3-1-4-10-17,18-11-5-2-6-12-18)20(28)26(21)16-8-15-25-14-7-13-19(25)27;1-13(23)11-14-7-6-10-16(12-14)19(15-8-4-3-5-9-15)17(24)22(2)18(20)21-19/h1-2,4-7,9-10,12-16,18-20H,3,8,11,17,21H2,(H2,30,32);3-15,17,28H,2,16,18H2,1H3,(H2,26,27);3-8,11-12,15H,9-10,13-14H2,1-2H3,(H2,24,25);1-6,9-12H,7-8,13-16H2,(H2,23,24);3-10,12H,11H2,1-2H3,(H2,20,21)/t;;15-,22?;;/m..0../s1. The first-order valence-corrected chi connectivity index (χ1v) is 51.6. The summed E-state index contributed by atoms with van der Waals surface area (Å²) in [5.74, 6) is 1.12. The Morgan fingerprint density at radius 1 is 0.429 bits per heavy atom. The first-order chi connectivity index (χ1) is 71.0. The van der Waals surface area contributed by atoms with Crippen molar-refractivity contribution in [3.8, 4) is 11.1 Å². The van der Waals surface area contributed by atoms with Crippen LogP contribution in [-0.4, -0.2) is 184 Å². The van der Waals surface area contributed by atoms with E-state index in [1.165, 1.54) is 9.80 Å². The summed E-state index contributed by atoms with van der Waals surface area (Å²) < 4.78 is 26.9. The van der Waals surface area contributed by atoms with E-state index in [-0.39, 0.29) is 77.4 Å². The lowest BCUT2D eigenvalue weighted by Crippen LogP contribution is -2.44. The largest absolute Gasteiger partial charge is 0.369 e. The molecule has 7 aliphatic heterocycles. The number of sulfonamides is 1. The molecule has 13 aromatic rings. The first kappa shape index (κ1) is 104. The number of rotatable bonds is 30. The number of fused-ring (bicyclic) bond motifs is 1. The highest BCUT2D eigenvalue weighted by atomic mass is 35.5. The molecule has 0 saturated carbocycles. The molecule has 147 heavy (non-hydrogen) atoms. The molecule has 20 rings (SSSR count). The zero-order chi connectivity index (χ0) is 104. The van der Waals surface area contributed by atoms with Crippen molar-refractivity contribution in [2.45, 2.75) is 119 Å². The monoisotopic (exact) mass is 2000 g/mol. The zero-order valence-corrected chi connectivity index (χ0v) is 84.7. The Labute approximate surface area is 863 Å². The van der Waals surface area contributed by atoms with Gasteiger partial charge in [-0.1, -0.05) is 328 Å². The van der Waals surface area contributed by atoms with Gasteiger partial charge in [0, 0.05) is 80.9 Å². The summed E-state index contributed by atoms with van der Waals surface area (Å²) >= 11 is 6.14. The SMILES string of the molecule is CC(=O)Cc1cccc(C2(c3ccccc3)N=C(N)N(C)C2=O)c1.CCCS(=O)(=O)Nc1cccc(CN2C(=O)C(c3ccccc3)(c3ccccc3)N=C2N)c1.CN1CC[C@H](CN2C(=O)C(C)(c3cccc(-c4cccc(Cl)c4)c3)N=C2N)C1.NC1=NC(c2ccccc2)(c2ccccc2)C(=O)N1CCCCCc1ccc2ccccc2n1.NC1=NC(c2ccccc2)(c2ccccc2)C(=O)N1CCCN1CCCC1=O. The van der Waals surface area contributed by atoms with Gasteiger partial charge in [-0.15, -0.1) is 0 Å². The number of nitrogens with two attached hydrogens (primary N) is 5. The van der Waals surface area contributed by atoms with E-state index in [1.54, 1.807) is 46.9 Å². The van der Waals surface area contributed by atoms with E-state index >= 15 is 0 Å². The van der Waals surface area contributed by atoms with Crippen molar-refractivity contribution < 1.29 is 42.0 Å². The number of unbranched alkanes of at least 4 members (excludes halogenated alkanes) is 2. The topological polar surface area (TPSA) is 393 Å². The van der Waals surface area contributed by atoms with Crippen LogP contribution >= 0.6 is 11.6 Å². The molecule has 0 bridgehead atoms. The van der Waals surface area contributed by atoms with Crippen molar-refractivity contribution in [1.82, 2.24) is 39.3 Å². The second-order valence-corrected chi connectivity index (χ2v) is 40.0. The van der Waals surface area contributed by atoms with E-state index in [2.05, 4.69) is 54.8 Å². The number of ketones is 1. The summed E-state index contributed by atoms with van der Waals surface area (Å²) in [5.41, 5.74) is 38.4. The highest BCUT2D eigenvalue weighted by molar-refractivity contribution is 7.92. The van der Waals surface area contributed by atoms with Gasteiger partial charge in [-0.25, -0.2) is 33.4 Å². The summed E-state index contributed by atoms with van der Waals surface area (Å²) in [6.07, 6.45) is 7.89. The molecule has 0 aliphatic carbocycles. The number of guanidine groups is 5. The summed E-state index contributed by atoms with van der Waals surface area (Å²) in [6.45, 7) is 10.5. The molecular weight excluding hydrogens is 1880 g/mol. The van der Waals surface area contributed by atoms with Crippen LogP contribution in [0.2, 0.25) is 5.02 Å². The second-order valence-electron chi connectivity index (χ2n) is 37.8. The molecule has 11 N–H and O–H groups in total. The van der Waals surface area contributed by atoms with Crippen molar-refractivity contribution >= 4 is 109 Å². The van der Waals surface area contributed by atoms with E-state index < -0.39 is 37.7 Å². The molecule has 28 nitrogen and oxygen atoms in total. The van der Waals surface area contributed by atoms with Gasteiger partial charge in [0.2, 0.25) is 15.9 Å². The Morgan fingerprint density at radius 3 is 1.37 bits per heavy atom. The molecule has 2 unspecified atom stereocenters. The number of benzene rings is 12. The smallest absolute Gasteiger partial charge is 0.266 e. The third kappa shape index (κ3) is 22.6. The van der Waals surface area contributed by atoms with Gasteiger partial charge in [0.1, 0.15) is 5.78 Å². The van der Waals surface area contributed by atoms with Crippen molar-refractivity contribution in [2.75, 3.05) is 70.4 Å². The highest BCUT2D eigenvalue weighted by Crippen LogP contribution is 2.46. The number of Topliss-reactive ketones (excluding diaryl/α,β-unsaturated/α-hetero) is 1. The number of aromatic nitrogens is 1. The molecule has 7 aliphatic rings. The molecule has 2 saturated heterocycles. The molecule has 6 amide bonds. The number of pyridine rings is 1. The van der Waals surface area contributed by atoms with Gasteiger partial charge in [0.25, 0.3) is 29.5 Å². The van der Waals surface area contributed by atoms with Crippen molar-refractivity contribution in [2.24, 2.45) is 59.5 Å². The molecule has 3 atom stereocenters. The summed E-state index contributed by atoms with van der Waals surface area (Å²) in [6, 6.07) is 109. The van der Waals surface area contributed by atoms with Crippen LogP contribution < -0.4 is 33.4 Å². The zero-order valence-electron chi connectivity index (χ0n) is 83.1. The number of amides is 6. The number of likely N-dealkylation sites (tertiary alicyclic amines) is 2. The minimum Gasteiger partial charge on any atom is -0.369 e. The number of likely N-dealkylation sites (N-methyl/N-ethyl adjacent to an activating group) is 1.